The molecule has 7 heteroatoms. The Morgan fingerprint density at radius 1 is 1.18 bits per heavy atom. The molecule has 1 aromatic rings. The number of nitrogen functional groups attached to an aromatic ring is 1. The van der Waals surface area contributed by atoms with Gasteiger partial charge in [0.2, 0.25) is 11.8 Å². The number of rotatable bonds is 1. The molecule has 1 saturated heterocycles. The van der Waals surface area contributed by atoms with Crippen LogP contribution in [0.3, 0.4) is 0 Å². The van der Waals surface area contributed by atoms with Crippen molar-refractivity contribution in [1.82, 2.24) is 15.5 Å². The van der Waals surface area contributed by atoms with E-state index >= 15 is 0 Å². The van der Waals surface area contributed by atoms with Crippen LogP contribution in [0.25, 0.3) is 0 Å². The molecule has 3 aliphatic rings. The van der Waals surface area contributed by atoms with Crippen LogP contribution in [0.4, 0.5) is 5.69 Å². The molecule has 0 aliphatic carbocycles. The Bertz CT molecular complexity index is 728. The van der Waals surface area contributed by atoms with E-state index in [4.69, 9.17) is 5.73 Å². The summed E-state index contributed by atoms with van der Waals surface area (Å²) in [5, 5.41) is 5.53. The molecule has 0 radical (unpaired) electrons. The zero-order chi connectivity index (χ0) is 15.4. The number of benzene rings is 1. The summed E-state index contributed by atoms with van der Waals surface area (Å²) < 4.78 is 0. The molecule has 0 aromatic heterocycles. The maximum absolute atomic E-state index is 12.7. The summed E-state index contributed by atoms with van der Waals surface area (Å²) in [6, 6.07) is 1.29. The second kappa shape index (κ2) is 4.54. The minimum absolute atomic E-state index is 0.175. The number of carbonyl (C=O) groups is 3. The topological polar surface area (TPSA) is 105 Å². The van der Waals surface area contributed by atoms with Gasteiger partial charge in [-0.1, -0.05) is 0 Å². The van der Waals surface area contributed by atoms with E-state index in [-0.39, 0.29) is 18.2 Å². The third-order valence-electron chi connectivity index (χ3n) is 4.70. The van der Waals surface area contributed by atoms with Gasteiger partial charge in [-0.15, -0.1) is 0 Å². The summed E-state index contributed by atoms with van der Waals surface area (Å²) in [6.45, 7) is 1.75. The third kappa shape index (κ3) is 1.75. The molecule has 1 atom stereocenters. The quantitative estimate of drug-likeness (QED) is 0.485. The molecule has 1 aromatic carbocycles. The normalized spacial score (nSPS) is 23.5. The summed E-state index contributed by atoms with van der Waals surface area (Å²) in [7, 11) is 0. The van der Waals surface area contributed by atoms with Gasteiger partial charge in [0.15, 0.2) is 0 Å². The summed E-state index contributed by atoms with van der Waals surface area (Å²) >= 11 is 0. The molecule has 4 rings (SSSR count). The van der Waals surface area contributed by atoms with Gasteiger partial charge in [-0.2, -0.15) is 0 Å². The Balaban J connectivity index is 1.69. The smallest absolute Gasteiger partial charge is 0.255 e. The molecule has 0 saturated carbocycles. The number of hydrogen-bond donors (Lipinski definition) is 3. The van der Waals surface area contributed by atoms with E-state index in [1.165, 1.54) is 4.90 Å². The molecule has 22 heavy (non-hydrogen) atoms. The number of carbonyl (C=O) groups excluding carboxylic acids is 3. The van der Waals surface area contributed by atoms with Crippen LogP contribution in [-0.4, -0.2) is 28.7 Å². The van der Waals surface area contributed by atoms with Gasteiger partial charge in [0.05, 0.1) is 0 Å². The Labute approximate surface area is 126 Å². The number of amides is 3. The number of nitrogens with two attached hydrogens (primary N) is 1. The average Bonchev–Trinajstić information content (AvgIpc) is 3.06. The Morgan fingerprint density at radius 3 is 2.77 bits per heavy atom. The number of anilines is 1. The van der Waals surface area contributed by atoms with Crippen molar-refractivity contribution in [1.29, 1.82) is 0 Å². The van der Waals surface area contributed by atoms with Crippen molar-refractivity contribution in [2.45, 2.75) is 38.5 Å². The van der Waals surface area contributed by atoms with Crippen LogP contribution in [0.2, 0.25) is 0 Å². The molecule has 1 unspecified atom stereocenters. The SMILES string of the molecule is Nc1c2c(cc3c1CN(C1CCC(=O)NC1=O)C3=O)CNC2. The van der Waals surface area contributed by atoms with Gasteiger partial charge >= 0.3 is 0 Å². The first-order valence-electron chi connectivity index (χ1n) is 7.34. The second-order valence-electron chi connectivity index (χ2n) is 5.96. The molecule has 3 heterocycles. The third-order valence-corrected chi connectivity index (χ3v) is 4.70. The van der Waals surface area contributed by atoms with Crippen LogP contribution >= 0.6 is 0 Å². The van der Waals surface area contributed by atoms with Crippen molar-refractivity contribution in [2.75, 3.05) is 5.73 Å². The molecule has 3 aliphatic heterocycles. The van der Waals surface area contributed by atoms with E-state index in [2.05, 4.69) is 10.6 Å². The number of imide groups is 1. The van der Waals surface area contributed by atoms with Gasteiger partial charge in [-0.05, 0) is 23.6 Å². The molecule has 1 fully saturated rings. The highest BCUT2D eigenvalue weighted by atomic mass is 16.2. The Hall–Kier alpha value is -2.41. The van der Waals surface area contributed by atoms with Crippen molar-refractivity contribution < 1.29 is 14.4 Å². The lowest BCUT2D eigenvalue weighted by molar-refractivity contribution is -0.136. The van der Waals surface area contributed by atoms with Crippen molar-refractivity contribution >= 4 is 23.4 Å². The summed E-state index contributed by atoms with van der Waals surface area (Å²) in [5.41, 5.74) is 10.4. The van der Waals surface area contributed by atoms with Crippen molar-refractivity contribution in [3.05, 3.63) is 28.3 Å². The second-order valence-corrected chi connectivity index (χ2v) is 5.96. The van der Waals surface area contributed by atoms with Gasteiger partial charge in [0, 0.05) is 42.9 Å². The highest BCUT2D eigenvalue weighted by Gasteiger charge is 2.40. The van der Waals surface area contributed by atoms with Crippen LogP contribution in [-0.2, 0) is 29.2 Å². The maximum atomic E-state index is 12.7. The molecule has 0 spiro atoms. The zero-order valence-corrected chi connectivity index (χ0v) is 11.9. The largest absolute Gasteiger partial charge is 0.398 e. The van der Waals surface area contributed by atoms with Gasteiger partial charge in [-0.3, -0.25) is 19.7 Å². The van der Waals surface area contributed by atoms with E-state index in [1.807, 2.05) is 6.07 Å². The van der Waals surface area contributed by atoms with Crippen LogP contribution < -0.4 is 16.4 Å². The standard InChI is InChI=1S/C15H16N4O3/c16-13-9-5-17-4-7(9)3-8-10(13)6-19(15(8)22)11-1-2-12(20)18-14(11)21/h3,11,17H,1-2,4-6,16H2,(H,18,20,21). The molecular weight excluding hydrogens is 284 g/mol. The van der Waals surface area contributed by atoms with Crippen molar-refractivity contribution in [2.24, 2.45) is 0 Å². The zero-order valence-electron chi connectivity index (χ0n) is 11.9. The van der Waals surface area contributed by atoms with E-state index in [9.17, 15) is 14.4 Å². The van der Waals surface area contributed by atoms with Crippen LogP contribution in [0, 0.1) is 0 Å². The maximum Gasteiger partial charge on any atom is 0.255 e. The van der Waals surface area contributed by atoms with Crippen LogP contribution in [0.1, 0.15) is 39.9 Å². The predicted octanol–water partition coefficient (Wildman–Crippen LogP) is -0.367. The van der Waals surface area contributed by atoms with Gasteiger partial charge in [0.1, 0.15) is 6.04 Å². The average molecular weight is 300 g/mol. The monoisotopic (exact) mass is 300 g/mol. The highest BCUT2D eigenvalue weighted by Crippen LogP contribution is 2.36. The molecule has 114 valence electrons. The predicted molar refractivity (Wildman–Crippen MR) is 77.4 cm³/mol. The summed E-state index contributed by atoms with van der Waals surface area (Å²) in [6.07, 6.45) is 0.623. The molecule has 7 nitrogen and oxygen atoms in total. The fraction of sp³-hybridized carbons (Fsp3) is 0.400. The Morgan fingerprint density at radius 2 is 2.00 bits per heavy atom. The number of nitrogens with one attached hydrogen (secondary N) is 2. The fourth-order valence-electron chi connectivity index (χ4n) is 3.53. The lowest BCUT2D eigenvalue weighted by Crippen LogP contribution is -2.52. The first-order chi connectivity index (χ1) is 10.6. The lowest BCUT2D eigenvalue weighted by atomic mass is 9.99. The number of nitrogens with zero attached hydrogens (tertiary/aromatic N) is 1. The number of fused-ring (bicyclic) bond motifs is 2. The highest BCUT2D eigenvalue weighted by molar-refractivity contribution is 6.06. The molecular formula is C15H16N4O3. The van der Waals surface area contributed by atoms with E-state index < -0.39 is 11.9 Å². The van der Waals surface area contributed by atoms with E-state index in [0.29, 0.717) is 37.3 Å². The van der Waals surface area contributed by atoms with E-state index in [1.54, 1.807) is 0 Å². The van der Waals surface area contributed by atoms with Gasteiger partial charge in [0.25, 0.3) is 5.91 Å². The minimum Gasteiger partial charge on any atom is -0.398 e. The van der Waals surface area contributed by atoms with Crippen molar-refractivity contribution in [3.63, 3.8) is 0 Å². The first kappa shape index (κ1) is 13.3. The number of piperidine rings is 1. The van der Waals surface area contributed by atoms with Gasteiger partial charge < -0.3 is 16.0 Å². The van der Waals surface area contributed by atoms with Crippen LogP contribution in [0.5, 0.6) is 0 Å². The minimum atomic E-state index is -0.593. The Kier molecular flexibility index (Phi) is 2.74. The van der Waals surface area contributed by atoms with E-state index in [0.717, 1.165) is 16.7 Å². The molecule has 0 bridgehead atoms. The molecule has 4 N–H and O–H groups in total. The summed E-state index contributed by atoms with van der Waals surface area (Å²) in [5.74, 6) is -0.856. The number of hydrogen-bond acceptors (Lipinski definition) is 5. The van der Waals surface area contributed by atoms with Gasteiger partial charge in [-0.25, -0.2) is 0 Å². The lowest BCUT2D eigenvalue weighted by Gasteiger charge is -2.29. The van der Waals surface area contributed by atoms with Crippen LogP contribution in [0.15, 0.2) is 6.07 Å². The fourth-order valence-corrected chi connectivity index (χ4v) is 3.53. The summed E-state index contributed by atoms with van der Waals surface area (Å²) in [4.78, 5) is 37.5. The van der Waals surface area contributed by atoms with Crippen molar-refractivity contribution in [3.8, 4) is 0 Å². The first-order valence-corrected chi connectivity index (χ1v) is 7.34. The molecule has 3 amide bonds.